The fourth-order valence-electron chi connectivity index (χ4n) is 2.53. The number of hydrogen-bond acceptors (Lipinski definition) is 8. The first-order valence-corrected chi connectivity index (χ1v) is 9.72. The van der Waals surface area contributed by atoms with Crippen molar-refractivity contribution in [3.63, 3.8) is 0 Å². The third kappa shape index (κ3) is 11.2. The Bertz CT molecular complexity index is 712. The molecule has 14 nitrogen and oxygen atoms in total. The fraction of sp³-hybridized carbons (Fsp3) is 0.667. The Morgan fingerprint density at radius 2 is 1.28 bits per heavy atom. The van der Waals surface area contributed by atoms with Crippen molar-refractivity contribution >= 4 is 35.6 Å². The predicted molar refractivity (Wildman–Crippen MR) is 107 cm³/mol. The molecule has 4 unspecified atom stereocenters. The number of rotatable bonds is 15. The Morgan fingerprint density at radius 3 is 1.72 bits per heavy atom. The summed E-state index contributed by atoms with van der Waals surface area (Å²) in [4.78, 5) is 69.6. The minimum absolute atomic E-state index is 0.0630. The van der Waals surface area contributed by atoms with Crippen LogP contribution in [0, 0.1) is 5.92 Å². The first-order valence-electron chi connectivity index (χ1n) is 9.72. The fourth-order valence-corrected chi connectivity index (χ4v) is 2.53. The molecule has 0 heterocycles. The van der Waals surface area contributed by atoms with Crippen LogP contribution in [0.3, 0.4) is 0 Å². The van der Waals surface area contributed by atoms with Crippen molar-refractivity contribution in [1.82, 2.24) is 16.0 Å². The van der Waals surface area contributed by atoms with Gasteiger partial charge in [0.1, 0.15) is 18.1 Å². The molecule has 3 amide bonds. The number of nitrogens with two attached hydrogens (primary N) is 1. The molecular weight excluding hydrogens is 432 g/mol. The summed E-state index contributed by atoms with van der Waals surface area (Å²) in [6, 6.07) is -5.79. The molecule has 32 heavy (non-hydrogen) atoms. The van der Waals surface area contributed by atoms with E-state index in [0.717, 1.165) is 0 Å². The molecular formula is C18H30N4O10. The van der Waals surface area contributed by atoms with Gasteiger partial charge in [0.15, 0.2) is 0 Å². The Morgan fingerprint density at radius 1 is 0.781 bits per heavy atom. The second kappa shape index (κ2) is 13.9. The molecule has 0 saturated carbocycles. The van der Waals surface area contributed by atoms with Crippen molar-refractivity contribution in [2.24, 2.45) is 11.7 Å². The molecule has 0 rings (SSSR count). The van der Waals surface area contributed by atoms with E-state index in [-0.39, 0.29) is 18.8 Å². The zero-order valence-corrected chi connectivity index (χ0v) is 17.7. The molecule has 4 atom stereocenters. The minimum Gasteiger partial charge on any atom is -0.481 e. The second-order valence-electron chi connectivity index (χ2n) is 7.47. The van der Waals surface area contributed by atoms with Gasteiger partial charge in [0, 0.05) is 6.42 Å². The highest BCUT2D eigenvalue weighted by molar-refractivity contribution is 5.94. The normalized spacial score (nSPS) is 14.5. The Kier molecular flexibility index (Phi) is 12.5. The van der Waals surface area contributed by atoms with Gasteiger partial charge in [-0.05, 0) is 18.8 Å². The third-order valence-electron chi connectivity index (χ3n) is 4.15. The van der Waals surface area contributed by atoms with Gasteiger partial charge in [-0.1, -0.05) is 13.8 Å². The van der Waals surface area contributed by atoms with E-state index < -0.39 is 79.2 Å². The van der Waals surface area contributed by atoms with Crippen LogP contribution in [0.2, 0.25) is 0 Å². The van der Waals surface area contributed by atoms with Crippen LogP contribution in [-0.2, 0) is 28.8 Å². The number of amides is 3. The number of carboxylic acid groups (broad SMARTS) is 3. The average Bonchev–Trinajstić information content (AvgIpc) is 2.66. The molecule has 9 N–H and O–H groups in total. The lowest BCUT2D eigenvalue weighted by molar-refractivity contribution is -0.143. The molecule has 0 aromatic carbocycles. The van der Waals surface area contributed by atoms with Crippen LogP contribution < -0.4 is 21.7 Å². The molecule has 0 bridgehead atoms. The first kappa shape index (κ1) is 28.7. The Labute approximate surface area is 183 Å². The van der Waals surface area contributed by atoms with Crippen molar-refractivity contribution in [3.05, 3.63) is 0 Å². The summed E-state index contributed by atoms with van der Waals surface area (Å²) < 4.78 is 0. The van der Waals surface area contributed by atoms with Crippen LogP contribution in [0.15, 0.2) is 0 Å². The van der Waals surface area contributed by atoms with E-state index in [2.05, 4.69) is 16.0 Å². The predicted octanol–water partition coefficient (Wildman–Crippen LogP) is -2.77. The van der Waals surface area contributed by atoms with Crippen molar-refractivity contribution < 1.29 is 49.2 Å². The molecule has 14 heteroatoms. The molecule has 0 aromatic heterocycles. The number of carboxylic acids is 3. The van der Waals surface area contributed by atoms with E-state index in [1.807, 2.05) is 0 Å². The highest BCUT2D eigenvalue weighted by Gasteiger charge is 2.31. The summed E-state index contributed by atoms with van der Waals surface area (Å²) >= 11 is 0. The standard InChI is InChI=1S/C18H30N4O10/c1-8(2)5-11(16(29)20-10(18(31)32)3-4-13(24)25)21-17(30)12(7-23)22-15(28)9(19)6-14(26)27/h8-12,23H,3-7,19H2,1-2H3,(H,20,29)(H,21,30)(H,22,28)(H,24,25)(H,26,27)(H,31,32). The number of nitrogens with one attached hydrogen (secondary N) is 3. The van der Waals surface area contributed by atoms with Crippen LogP contribution in [0.4, 0.5) is 0 Å². The number of aliphatic carboxylic acids is 3. The van der Waals surface area contributed by atoms with Gasteiger partial charge in [-0.25, -0.2) is 4.79 Å². The van der Waals surface area contributed by atoms with Gasteiger partial charge in [-0.2, -0.15) is 0 Å². The largest absolute Gasteiger partial charge is 0.481 e. The van der Waals surface area contributed by atoms with Crippen LogP contribution in [0.1, 0.15) is 39.5 Å². The number of hydrogen-bond donors (Lipinski definition) is 8. The van der Waals surface area contributed by atoms with Crippen molar-refractivity contribution in [2.45, 2.75) is 63.7 Å². The van der Waals surface area contributed by atoms with Crippen LogP contribution >= 0.6 is 0 Å². The number of carbonyl (C=O) groups is 6. The van der Waals surface area contributed by atoms with Crippen molar-refractivity contribution in [3.8, 4) is 0 Å². The number of aliphatic hydroxyl groups excluding tert-OH is 1. The topological polar surface area (TPSA) is 245 Å². The molecule has 0 radical (unpaired) electrons. The van der Waals surface area contributed by atoms with Gasteiger partial charge >= 0.3 is 17.9 Å². The lowest BCUT2D eigenvalue weighted by Crippen LogP contribution is -2.58. The number of aliphatic hydroxyl groups is 1. The zero-order chi connectivity index (χ0) is 25.0. The molecule has 182 valence electrons. The lowest BCUT2D eigenvalue weighted by atomic mass is 10.0. The van der Waals surface area contributed by atoms with E-state index >= 15 is 0 Å². The maximum Gasteiger partial charge on any atom is 0.326 e. The summed E-state index contributed by atoms with van der Waals surface area (Å²) in [5, 5.41) is 42.5. The van der Waals surface area contributed by atoms with E-state index in [4.69, 9.17) is 15.9 Å². The van der Waals surface area contributed by atoms with Gasteiger partial charge in [-0.15, -0.1) is 0 Å². The minimum atomic E-state index is -1.55. The lowest BCUT2D eigenvalue weighted by Gasteiger charge is -2.25. The molecule has 0 saturated heterocycles. The van der Waals surface area contributed by atoms with E-state index in [1.165, 1.54) is 0 Å². The molecule has 0 fully saturated rings. The third-order valence-corrected chi connectivity index (χ3v) is 4.15. The van der Waals surface area contributed by atoms with Crippen molar-refractivity contribution in [1.29, 1.82) is 0 Å². The van der Waals surface area contributed by atoms with Gasteiger partial charge in [-0.3, -0.25) is 24.0 Å². The summed E-state index contributed by atoms with van der Waals surface area (Å²) in [6.07, 6.45) is -1.53. The molecule has 0 aliphatic rings. The zero-order valence-electron chi connectivity index (χ0n) is 17.7. The molecule has 0 spiro atoms. The smallest absolute Gasteiger partial charge is 0.326 e. The van der Waals surface area contributed by atoms with Gasteiger partial charge in [0.25, 0.3) is 0 Å². The molecule has 0 aromatic rings. The summed E-state index contributed by atoms with van der Waals surface area (Å²) in [5.74, 6) is -7.08. The van der Waals surface area contributed by atoms with Gasteiger partial charge < -0.3 is 42.1 Å². The van der Waals surface area contributed by atoms with Crippen LogP contribution in [0.5, 0.6) is 0 Å². The summed E-state index contributed by atoms with van der Waals surface area (Å²) in [6.45, 7) is 2.56. The molecule has 0 aliphatic heterocycles. The Hall–Kier alpha value is -3.26. The van der Waals surface area contributed by atoms with Crippen molar-refractivity contribution in [2.75, 3.05) is 6.61 Å². The van der Waals surface area contributed by atoms with E-state index in [0.29, 0.717) is 0 Å². The van der Waals surface area contributed by atoms with Gasteiger partial charge in [0.2, 0.25) is 17.7 Å². The Balaban J connectivity index is 5.28. The van der Waals surface area contributed by atoms with Crippen LogP contribution in [0.25, 0.3) is 0 Å². The maximum absolute atomic E-state index is 12.6. The number of carbonyl (C=O) groups excluding carboxylic acids is 3. The van der Waals surface area contributed by atoms with E-state index in [9.17, 15) is 39.0 Å². The first-order chi connectivity index (χ1) is 14.8. The summed E-state index contributed by atoms with van der Waals surface area (Å²) in [5.41, 5.74) is 5.40. The highest BCUT2D eigenvalue weighted by Crippen LogP contribution is 2.07. The molecule has 0 aliphatic carbocycles. The SMILES string of the molecule is CC(C)CC(NC(=O)C(CO)NC(=O)C(N)CC(=O)O)C(=O)NC(CCC(=O)O)C(=O)O. The van der Waals surface area contributed by atoms with Crippen LogP contribution in [-0.4, -0.2) is 86.8 Å². The van der Waals surface area contributed by atoms with Gasteiger partial charge in [0.05, 0.1) is 19.1 Å². The van der Waals surface area contributed by atoms with E-state index in [1.54, 1.807) is 13.8 Å². The highest BCUT2D eigenvalue weighted by atomic mass is 16.4. The average molecular weight is 462 g/mol. The second-order valence-corrected chi connectivity index (χ2v) is 7.47. The maximum atomic E-state index is 12.6. The quantitative estimate of drug-likeness (QED) is 0.124. The monoisotopic (exact) mass is 462 g/mol. The summed E-state index contributed by atoms with van der Waals surface area (Å²) in [7, 11) is 0.